The molecule has 3 heterocycles. The molecule has 24 heavy (non-hydrogen) atoms. The Balaban J connectivity index is 1.62. The summed E-state index contributed by atoms with van der Waals surface area (Å²) in [6.07, 6.45) is 4.06. The van der Waals surface area contributed by atoms with Crippen LogP contribution in [-0.4, -0.2) is 53.5 Å². The molecule has 5 nitrogen and oxygen atoms in total. The Morgan fingerprint density at radius 1 is 1.00 bits per heavy atom. The molecule has 0 radical (unpaired) electrons. The van der Waals surface area contributed by atoms with Gasteiger partial charge >= 0.3 is 0 Å². The monoisotopic (exact) mass is 328 g/mol. The van der Waals surface area contributed by atoms with Crippen molar-refractivity contribution in [3.05, 3.63) is 35.4 Å². The highest BCUT2D eigenvalue weighted by Crippen LogP contribution is 2.28. The Morgan fingerprint density at radius 2 is 1.75 bits per heavy atom. The molecule has 2 atom stereocenters. The predicted octanol–water partition coefficient (Wildman–Crippen LogP) is 1.74. The summed E-state index contributed by atoms with van der Waals surface area (Å²) in [4.78, 5) is 29.7. The van der Waals surface area contributed by atoms with E-state index < -0.39 is 0 Å². The summed E-state index contributed by atoms with van der Waals surface area (Å²) in [6.45, 7) is 2.79. The van der Waals surface area contributed by atoms with E-state index in [0.29, 0.717) is 19.6 Å². The molecule has 0 spiro atoms. The fourth-order valence-corrected chi connectivity index (χ4v) is 4.08. The molecule has 128 valence electrons. The lowest BCUT2D eigenvalue weighted by Crippen LogP contribution is -2.55. The number of amides is 2. The lowest BCUT2D eigenvalue weighted by atomic mass is 9.92. The second kappa shape index (κ2) is 6.55. The first kappa shape index (κ1) is 15.6. The molecule has 0 aromatic heterocycles. The molecule has 0 bridgehead atoms. The second-order valence-corrected chi connectivity index (χ2v) is 6.99. The molecule has 3 aliphatic rings. The molecule has 1 unspecified atom stereocenters. The van der Waals surface area contributed by atoms with E-state index in [1.165, 1.54) is 5.56 Å². The number of carbonyl (C=O) groups excluding carboxylic acids is 2. The molecule has 2 amide bonds. The van der Waals surface area contributed by atoms with Gasteiger partial charge < -0.3 is 14.5 Å². The van der Waals surface area contributed by atoms with Crippen molar-refractivity contribution in [3.8, 4) is 0 Å². The highest BCUT2D eigenvalue weighted by Gasteiger charge is 2.40. The van der Waals surface area contributed by atoms with E-state index in [0.717, 1.165) is 44.3 Å². The number of hydrogen-bond acceptors (Lipinski definition) is 3. The van der Waals surface area contributed by atoms with Gasteiger partial charge in [-0.1, -0.05) is 24.3 Å². The molecular weight excluding hydrogens is 304 g/mol. The topological polar surface area (TPSA) is 49.9 Å². The first-order valence-electron chi connectivity index (χ1n) is 9.02. The average Bonchev–Trinajstić information content (AvgIpc) is 3.32. The van der Waals surface area contributed by atoms with E-state index >= 15 is 0 Å². The lowest BCUT2D eigenvalue weighted by Gasteiger charge is -2.38. The maximum Gasteiger partial charge on any atom is 0.252 e. The summed E-state index contributed by atoms with van der Waals surface area (Å²) in [7, 11) is 0. The summed E-state index contributed by atoms with van der Waals surface area (Å²) >= 11 is 0. The molecule has 4 rings (SSSR count). The first-order chi connectivity index (χ1) is 11.7. The van der Waals surface area contributed by atoms with Gasteiger partial charge in [-0.05, 0) is 36.8 Å². The molecule has 0 N–H and O–H groups in total. The Hall–Kier alpha value is -1.88. The molecule has 0 aliphatic carbocycles. The van der Waals surface area contributed by atoms with E-state index in [-0.39, 0.29) is 24.0 Å². The molecule has 0 saturated carbocycles. The van der Waals surface area contributed by atoms with Crippen LogP contribution in [0.4, 0.5) is 0 Å². The number of carbonyl (C=O) groups is 2. The van der Waals surface area contributed by atoms with E-state index in [1.54, 1.807) is 4.90 Å². The van der Waals surface area contributed by atoms with E-state index in [2.05, 4.69) is 12.1 Å². The van der Waals surface area contributed by atoms with Gasteiger partial charge in [-0.25, -0.2) is 0 Å². The van der Waals surface area contributed by atoms with Crippen LogP contribution in [0, 0.1) is 0 Å². The number of hydrogen-bond donors (Lipinski definition) is 0. The normalized spacial score (nSPS) is 26.5. The Kier molecular flexibility index (Phi) is 4.27. The van der Waals surface area contributed by atoms with Gasteiger partial charge in [0, 0.05) is 32.7 Å². The van der Waals surface area contributed by atoms with Crippen molar-refractivity contribution >= 4 is 11.8 Å². The van der Waals surface area contributed by atoms with Gasteiger partial charge in [0.25, 0.3) is 5.91 Å². The van der Waals surface area contributed by atoms with Crippen LogP contribution in [-0.2, 0) is 27.3 Å². The van der Waals surface area contributed by atoms with Gasteiger partial charge in [0.1, 0.15) is 12.1 Å². The first-order valence-corrected chi connectivity index (χ1v) is 9.02. The van der Waals surface area contributed by atoms with Gasteiger partial charge in [-0.2, -0.15) is 0 Å². The fourth-order valence-electron chi connectivity index (χ4n) is 4.08. The van der Waals surface area contributed by atoms with Crippen LogP contribution in [0.15, 0.2) is 24.3 Å². The van der Waals surface area contributed by atoms with Gasteiger partial charge in [0.2, 0.25) is 5.91 Å². The molecule has 2 saturated heterocycles. The number of ether oxygens (including phenoxy) is 1. The Morgan fingerprint density at radius 3 is 2.46 bits per heavy atom. The van der Waals surface area contributed by atoms with Gasteiger partial charge in [0.15, 0.2) is 0 Å². The molecule has 1 aromatic rings. The number of likely N-dealkylation sites (tertiary alicyclic amines) is 1. The van der Waals surface area contributed by atoms with Crippen LogP contribution in [0.5, 0.6) is 0 Å². The molecule has 3 aliphatic heterocycles. The van der Waals surface area contributed by atoms with Gasteiger partial charge in [-0.15, -0.1) is 0 Å². The highest BCUT2D eigenvalue weighted by molar-refractivity contribution is 5.90. The standard InChI is InChI=1S/C19H24N2O3/c22-18(20-9-3-4-10-20)16-12-14-6-1-2-7-15(14)13-21(16)19(23)17-8-5-11-24-17/h1-2,6-7,16-17H,3-5,8-13H2/t16?,17-/m1/s1. The largest absolute Gasteiger partial charge is 0.368 e. The third-order valence-electron chi connectivity index (χ3n) is 5.44. The maximum absolute atomic E-state index is 13.0. The summed E-state index contributed by atoms with van der Waals surface area (Å²) in [5, 5.41) is 0. The summed E-state index contributed by atoms with van der Waals surface area (Å²) in [6, 6.07) is 7.76. The van der Waals surface area contributed by atoms with Crippen LogP contribution < -0.4 is 0 Å². The van der Waals surface area contributed by atoms with Crippen LogP contribution in [0.25, 0.3) is 0 Å². The van der Waals surface area contributed by atoms with E-state index in [4.69, 9.17) is 4.74 Å². The fraction of sp³-hybridized carbons (Fsp3) is 0.579. The Labute approximate surface area is 142 Å². The van der Waals surface area contributed by atoms with Crippen LogP contribution in [0.3, 0.4) is 0 Å². The zero-order valence-corrected chi connectivity index (χ0v) is 13.9. The zero-order valence-electron chi connectivity index (χ0n) is 13.9. The van der Waals surface area contributed by atoms with Gasteiger partial charge in [-0.3, -0.25) is 9.59 Å². The quantitative estimate of drug-likeness (QED) is 0.831. The van der Waals surface area contributed by atoms with Crippen molar-refractivity contribution < 1.29 is 14.3 Å². The van der Waals surface area contributed by atoms with Crippen LogP contribution in [0.1, 0.15) is 36.8 Å². The average molecular weight is 328 g/mol. The predicted molar refractivity (Wildman–Crippen MR) is 89.3 cm³/mol. The third kappa shape index (κ3) is 2.81. The second-order valence-electron chi connectivity index (χ2n) is 6.99. The van der Waals surface area contributed by atoms with Crippen molar-refractivity contribution in [2.24, 2.45) is 0 Å². The zero-order chi connectivity index (χ0) is 16.5. The molecule has 1 aromatic carbocycles. The van der Waals surface area contributed by atoms with Crippen molar-refractivity contribution in [3.63, 3.8) is 0 Å². The van der Waals surface area contributed by atoms with Crippen LogP contribution >= 0.6 is 0 Å². The van der Waals surface area contributed by atoms with Crippen molar-refractivity contribution in [2.75, 3.05) is 19.7 Å². The number of rotatable bonds is 2. The summed E-state index contributed by atoms with van der Waals surface area (Å²) < 4.78 is 5.59. The summed E-state index contributed by atoms with van der Waals surface area (Å²) in [5.41, 5.74) is 2.33. The minimum Gasteiger partial charge on any atom is -0.368 e. The van der Waals surface area contributed by atoms with Crippen molar-refractivity contribution in [1.29, 1.82) is 0 Å². The number of benzene rings is 1. The summed E-state index contributed by atoms with van der Waals surface area (Å²) in [5.74, 6) is 0.0906. The molecule has 5 heteroatoms. The SMILES string of the molecule is O=C(C1Cc2ccccc2CN1C(=O)[C@H]1CCCO1)N1CCCC1. The third-order valence-corrected chi connectivity index (χ3v) is 5.44. The lowest BCUT2D eigenvalue weighted by molar-refractivity contribution is -0.152. The van der Waals surface area contributed by atoms with E-state index in [1.807, 2.05) is 17.0 Å². The maximum atomic E-state index is 13.0. The van der Waals surface area contributed by atoms with Crippen molar-refractivity contribution in [2.45, 2.75) is 50.8 Å². The minimum atomic E-state index is -0.380. The van der Waals surface area contributed by atoms with Crippen molar-refractivity contribution in [1.82, 2.24) is 9.80 Å². The number of fused-ring (bicyclic) bond motifs is 1. The molecular formula is C19H24N2O3. The van der Waals surface area contributed by atoms with Crippen LogP contribution in [0.2, 0.25) is 0 Å². The Bertz CT molecular complexity index is 578. The highest BCUT2D eigenvalue weighted by atomic mass is 16.5. The van der Waals surface area contributed by atoms with Gasteiger partial charge in [0.05, 0.1) is 0 Å². The van der Waals surface area contributed by atoms with E-state index in [9.17, 15) is 9.59 Å². The molecule has 2 fully saturated rings. The number of nitrogens with zero attached hydrogens (tertiary/aromatic N) is 2. The minimum absolute atomic E-state index is 0.0143. The smallest absolute Gasteiger partial charge is 0.252 e.